The van der Waals surface area contributed by atoms with Crippen LogP contribution in [-0.2, 0) is 4.74 Å². The lowest BCUT2D eigenvalue weighted by Crippen LogP contribution is -2.22. The van der Waals surface area contributed by atoms with E-state index < -0.39 is 11.7 Å². The number of ether oxygens (including phenoxy) is 2. The molecule has 0 radical (unpaired) electrons. The van der Waals surface area contributed by atoms with Crippen LogP contribution in [0.15, 0.2) is 54.6 Å². The van der Waals surface area contributed by atoms with Crippen LogP contribution in [0.4, 0.5) is 4.39 Å². The van der Waals surface area contributed by atoms with Crippen molar-refractivity contribution in [3.8, 4) is 17.4 Å². The van der Waals surface area contributed by atoms with Crippen molar-refractivity contribution in [2.75, 3.05) is 19.8 Å². The van der Waals surface area contributed by atoms with Gasteiger partial charge < -0.3 is 9.47 Å². The van der Waals surface area contributed by atoms with E-state index in [1.165, 1.54) is 6.07 Å². The van der Waals surface area contributed by atoms with Crippen molar-refractivity contribution < 1.29 is 18.7 Å². The quantitative estimate of drug-likeness (QED) is 0.503. The average Bonchev–Trinajstić information content (AvgIpc) is 3.17. The largest absolute Gasteiger partial charge is 0.460 e. The van der Waals surface area contributed by atoms with E-state index in [4.69, 9.17) is 9.47 Å². The minimum atomic E-state index is -0.484. The van der Waals surface area contributed by atoms with Crippen molar-refractivity contribution in [1.82, 2.24) is 14.8 Å². The number of hydrogen-bond acceptors (Lipinski definition) is 5. The Morgan fingerprint density at radius 1 is 1.07 bits per heavy atom. The normalized spacial score (nSPS) is 12.0. The molecule has 3 aromatic rings. The van der Waals surface area contributed by atoms with E-state index in [1.807, 2.05) is 44.2 Å². The Bertz CT molecular complexity index is 943. The predicted molar refractivity (Wildman–Crippen MR) is 108 cm³/mol. The summed E-state index contributed by atoms with van der Waals surface area (Å²) < 4.78 is 26.3. The maximum atomic E-state index is 14.4. The van der Waals surface area contributed by atoms with Crippen molar-refractivity contribution >= 4 is 5.91 Å². The lowest BCUT2D eigenvalue weighted by atomic mass is 9.95. The zero-order valence-corrected chi connectivity index (χ0v) is 16.5. The van der Waals surface area contributed by atoms with Crippen LogP contribution in [0, 0.1) is 5.82 Å². The molecule has 0 aliphatic rings. The number of halogens is 1. The third-order valence-electron chi connectivity index (χ3n) is 4.48. The number of aromatic nitrogens is 3. The summed E-state index contributed by atoms with van der Waals surface area (Å²) in [4.78, 5) is 17.6. The molecule has 0 saturated heterocycles. The molecule has 152 valence electrons. The number of rotatable bonds is 9. The summed E-state index contributed by atoms with van der Waals surface area (Å²) in [6, 6.07) is 15.6. The molecule has 3 rings (SSSR count). The second-order valence-corrected chi connectivity index (χ2v) is 6.36. The molecule has 0 N–H and O–H groups in total. The zero-order chi connectivity index (χ0) is 20.6. The summed E-state index contributed by atoms with van der Waals surface area (Å²) in [5, 5.41) is 4.23. The third-order valence-corrected chi connectivity index (χ3v) is 4.48. The second kappa shape index (κ2) is 9.93. The van der Waals surface area contributed by atoms with Crippen molar-refractivity contribution in [3.63, 3.8) is 0 Å². The number of carbonyl (C=O) groups is 1. The fraction of sp³-hybridized carbons (Fsp3) is 0.318. The first kappa shape index (κ1) is 20.7. The van der Waals surface area contributed by atoms with Gasteiger partial charge in [-0.3, -0.25) is 4.79 Å². The SMILES string of the molecule is CCOCCOc1nc(-c2ccccc2F)n(C(=O)C(CC)c2ccccc2)n1. The van der Waals surface area contributed by atoms with E-state index in [1.54, 1.807) is 18.2 Å². The van der Waals surface area contributed by atoms with Gasteiger partial charge in [0.2, 0.25) is 0 Å². The Labute approximate surface area is 169 Å². The Kier molecular flexibility index (Phi) is 7.08. The van der Waals surface area contributed by atoms with Crippen LogP contribution in [0.3, 0.4) is 0 Å². The molecule has 1 aromatic heterocycles. The molecule has 0 bridgehead atoms. The highest BCUT2D eigenvalue weighted by atomic mass is 19.1. The van der Waals surface area contributed by atoms with Gasteiger partial charge in [-0.1, -0.05) is 49.4 Å². The monoisotopic (exact) mass is 397 g/mol. The first-order valence-electron chi connectivity index (χ1n) is 9.67. The Hall–Kier alpha value is -3.06. The van der Waals surface area contributed by atoms with E-state index >= 15 is 0 Å². The van der Waals surface area contributed by atoms with Gasteiger partial charge in [0.15, 0.2) is 5.82 Å². The van der Waals surface area contributed by atoms with Gasteiger partial charge in [-0.15, -0.1) is 5.10 Å². The van der Waals surface area contributed by atoms with Crippen LogP contribution in [0.1, 0.15) is 36.5 Å². The van der Waals surface area contributed by atoms with E-state index in [-0.39, 0.29) is 29.9 Å². The molecule has 2 aromatic carbocycles. The molecule has 7 heteroatoms. The Balaban J connectivity index is 1.98. The van der Waals surface area contributed by atoms with Gasteiger partial charge in [0.1, 0.15) is 12.4 Å². The Morgan fingerprint density at radius 3 is 2.48 bits per heavy atom. The third kappa shape index (κ3) is 4.86. The van der Waals surface area contributed by atoms with Gasteiger partial charge in [-0.2, -0.15) is 9.67 Å². The van der Waals surface area contributed by atoms with Crippen LogP contribution in [0.5, 0.6) is 6.01 Å². The predicted octanol–water partition coefficient (Wildman–Crippen LogP) is 4.33. The summed E-state index contributed by atoms with van der Waals surface area (Å²) >= 11 is 0. The first-order valence-corrected chi connectivity index (χ1v) is 9.67. The average molecular weight is 397 g/mol. The first-order chi connectivity index (χ1) is 14.2. The molecular formula is C22H24FN3O3. The van der Waals surface area contributed by atoms with E-state index in [0.717, 1.165) is 10.2 Å². The lowest BCUT2D eigenvalue weighted by Gasteiger charge is -2.15. The molecule has 0 aliphatic heterocycles. The van der Waals surface area contributed by atoms with Gasteiger partial charge in [0, 0.05) is 6.61 Å². The van der Waals surface area contributed by atoms with Gasteiger partial charge in [-0.05, 0) is 31.0 Å². The van der Waals surface area contributed by atoms with Crippen LogP contribution in [0.25, 0.3) is 11.4 Å². The summed E-state index contributed by atoms with van der Waals surface area (Å²) in [5.74, 6) is -1.08. The topological polar surface area (TPSA) is 66.2 Å². The highest BCUT2D eigenvalue weighted by Crippen LogP contribution is 2.27. The smallest absolute Gasteiger partial charge is 0.336 e. The van der Waals surface area contributed by atoms with Gasteiger partial charge in [0.25, 0.3) is 5.91 Å². The van der Waals surface area contributed by atoms with Crippen molar-refractivity contribution in [3.05, 3.63) is 66.0 Å². The van der Waals surface area contributed by atoms with Crippen LogP contribution >= 0.6 is 0 Å². The highest BCUT2D eigenvalue weighted by molar-refractivity contribution is 5.88. The molecule has 0 spiro atoms. The molecule has 0 aliphatic carbocycles. The molecule has 6 nitrogen and oxygen atoms in total. The molecule has 0 fully saturated rings. The van der Waals surface area contributed by atoms with Crippen LogP contribution in [0.2, 0.25) is 0 Å². The standard InChI is InChI=1S/C22H24FN3O3/c1-3-17(16-10-6-5-7-11-16)21(27)26-20(18-12-8-9-13-19(18)23)24-22(25-26)29-15-14-28-4-2/h5-13,17H,3-4,14-15H2,1-2H3. The second-order valence-electron chi connectivity index (χ2n) is 6.36. The number of nitrogens with zero attached hydrogens (tertiary/aromatic N) is 3. The minimum Gasteiger partial charge on any atom is -0.460 e. The Morgan fingerprint density at radius 2 is 1.79 bits per heavy atom. The molecular weight excluding hydrogens is 373 g/mol. The molecule has 1 atom stereocenters. The number of benzene rings is 2. The molecule has 1 heterocycles. The van der Waals surface area contributed by atoms with Crippen LogP contribution < -0.4 is 4.74 Å². The maximum Gasteiger partial charge on any atom is 0.336 e. The fourth-order valence-electron chi connectivity index (χ4n) is 3.05. The molecule has 1 unspecified atom stereocenters. The summed E-state index contributed by atoms with van der Waals surface area (Å²) in [5.41, 5.74) is 1.06. The lowest BCUT2D eigenvalue weighted by molar-refractivity contribution is 0.0854. The molecule has 29 heavy (non-hydrogen) atoms. The summed E-state index contributed by atoms with van der Waals surface area (Å²) in [6.07, 6.45) is 0.569. The fourth-order valence-corrected chi connectivity index (χ4v) is 3.05. The van der Waals surface area contributed by atoms with E-state index in [2.05, 4.69) is 10.1 Å². The minimum absolute atomic E-state index is 0.0132. The van der Waals surface area contributed by atoms with E-state index in [9.17, 15) is 9.18 Å². The summed E-state index contributed by atoms with van der Waals surface area (Å²) in [7, 11) is 0. The van der Waals surface area contributed by atoms with Crippen LogP contribution in [-0.4, -0.2) is 40.5 Å². The van der Waals surface area contributed by atoms with Crippen molar-refractivity contribution in [2.45, 2.75) is 26.2 Å². The van der Waals surface area contributed by atoms with Gasteiger partial charge >= 0.3 is 6.01 Å². The molecule has 0 saturated carbocycles. The van der Waals surface area contributed by atoms with Crippen molar-refractivity contribution in [1.29, 1.82) is 0 Å². The van der Waals surface area contributed by atoms with E-state index in [0.29, 0.717) is 19.6 Å². The number of carbonyl (C=O) groups excluding carboxylic acids is 1. The van der Waals surface area contributed by atoms with Gasteiger partial charge in [-0.25, -0.2) is 4.39 Å². The zero-order valence-electron chi connectivity index (χ0n) is 16.5. The highest BCUT2D eigenvalue weighted by Gasteiger charge is 2.27. The van der Waals surface area contributed by atoms with Crippen molar-refractivity contribution in [2.24, 2.45) is 0 Å². The molecule has 0 amide bonds. The van der Waals surface area contributed by atoms with Gasteiger partial charge in [0.05, 0.1) is 18.1 Å². The number of hydrogen-bond donors (Lipinski definition) is 0. The summed E-state index contributed by atoms with van der Waals surface area (Å²) in [6.45, 7) is 4.98. The maximum absolute atomic E-state index is 14.4.